The van der Waals surface area contributed by atoms with E-state index >= 15 is 0 Å². The van der Waals surface area contributed by atoms with Gasteiger partial charge < -0.3 is 9.47 Å². The van der Waals surface area contributed by atoms with Crippen molar-refractivity contribution in [2.24, 2.45) is 5.92 Å². The Morgan fingerprint density at radius 3 is 1.63 bits per heavy atom. The molecule has 2 aromatic rings. The second-order valence-corrected chi connectivity index (χ2v) is 12.4. The first-order valence-electron chi connectivity index (χ1n) is 16.1. The number of carbonyl (C=O) groups excluding carboxylic acids is 2. The summed E-state index contributed by atoms with van der Waals surface area (Å²) in [6, 6.07) is 14.8. The van der Waals surface area contributed by atoms with Gasteiger partial charge in [0, 0.05) is 6.42 Å². The van der Waals surface area contributed by atoms with Crippen LogP contribution >= 0.6 is 11.6 Å². The van der Waals surface area contributed by atoms with Crippen LogP contribution in [-0.2, 0) is 9.53 Å². The van der Waals surface area contributed by atoms with Crippen molar-refractivity contribution in [1.29, 1.82) is 0 Å². The third kappa shape index (κ3) is 16.0. The molecule has 4 nitrogen and oxygen atoms in total. The molecule has 0 radical (unpaired) electrons. The van der Waals surface area contributed by atoms with Crippen LogP contribution in [0.15, 0.2) is 48.5 Å². The lowest BCUT2D eigenvalue weighted by molar-refractivity contribution is -0.134. The number of halogens is 1. The Labute approximate surface area is 254 Å². The van der Waals surface area contributed by atoms with Gasteiger partial charge in [-0.1, -0.05) is 129 Å². The largest absolute Gasteiger partial charge is 0.461 e. The van der Waals surface area contributed by atoms with E-state index in [1.165, 1.54) is 77.0 Å². The molecule has 2 rings (SSSR count). The van der Waals surface area contributed by atoms with Crippen molar-refractivity contribution in [1.82, 2.24) is 0 Å². The fourth-order valence-electron chi connectivity index (χ4n) is 4.99. The number of hydrogen-bond donors (Lipinski definition) is 0. The van der Waals surface area contributed by atoms with Crippen molar-refractivity contribution in [2.45, 2.75) is 129 Å². The number of ether oxygens (including phenoxy) is 2. The average molecular weight is 585 g/mol. The number of hydrogen-bond acceptors (Lipinski definition) is 4. The summed E-state index contributed by atoms with van der Waals surface area (Å²) in [6.07, 6.45) is 19.4. The summed E-state index contributed by atoms with van der Waals surface area (Å²) < 4.78 is 10.9. The molecule has 1 atom stereocenters. The minimum atomic E-state index is -0.369. The summed E-state index contributed by atoms with van der Waals surface area (Å²) in [4.78, 5) is 24.6. The van der Waals surface area contributed by atoms with Crippen LogP contribution in [0.25, 0.3) is 11.1 Å². The summed E-state index contributed by atoms with van der Waals surface area (Å²) in [7, 11) is 0. The lowest BCUT2D eigenvalue weighted by atomic mass is 10.0. The molecule has 0 saturated carbocycles. The van der Waals surface area contributed by atoms with Gasteiger partial charge in [0.05, 0.1) is 10.9 Å². The third-order valence-electron chi connectivity index (χ3n) is 7.40. The predicted octanol–water partition coefficient (Wildman–Crippen LogP) is 10.9. The van der Waals surface area contributed by atoms with Gasteiger partial charge in [0.1, 0.15) is 12.4 Å². The molecule has 0 spiro atoms. The van der Waals surface area contributed by atoms with Crippen LogP contribution in [0.1, 0.15) is 134 Å². The quantitative estimate of drug-likeness (QED) is 0.0597. The number of alkyl halides is 1. The lowest BCUT2D eigenvalue weighted by Gasteiger charge is -2.12. The van der Waals surface area contributed by atoms with Crippen molar-refractivity contribution in [3.05, 3.63) is 54.1 Å². The third-order valence-corrected chi connectivity index (χ3v) is 7.70. The zero-order chi connectivity index (χ0) is 29.7. The van der Waals surface area contributed by atoms with Crippen molar-refractivity contribution in [3.8, 4) is 16.9 Å². The highest BCUT2D eigenvalue weighted by Gasteiger charge is 2.13. The molecule has 0 aliphatic carbocycles. The Balaban J connectivity index is 1.58. The molecule has 0 amide bonds. The van der Waals surface area contributed by atoms with Gasteiger partial charge in [0.25, 0.3) is 0 Å². The van der Waals surface area contributed by atoms with E-state index < -0.39 is 0 Å². The molecule has 41 heavy (non-hydrogen) atoms. The predicted molar refractivity (Wildman–Crippen MR) is 172 cm³/mol. The summed E-state index contributed by atoms with van der Waals surface area (Å²) in [5.41, 5.74) is 2.45. The number of rotatable bonds is 22. The molecule has 0 bridgehead atoms. The normalized spacial score (nSPS) is 11.9. The zero-order valence-electron chi connectivity index (χ0n) is 25.8. The van der Waals surface area contributed by atoms with Crippen LogP contribution in [0.5, 0.6) is 5.75 Å². The van der Waals surface area contributed by atoms with Crippen molar-refractivity contribution in [2.75, 3.05) is 6.61 Å². The van der Waals surface area contributed by atoms with Crippen molar-refractivity contribution >= 4 is 23.5 Å². The minimum absolute atomic E-state index is 0.174. The van der Waals surface area contributed by atoms with Crippen LogP contribution in [0.3, 0.4) is 0 Å². The first-order chi connectivity index (χ1) is 19.9. The SMILES string of the molecule is CCCCCCCCCCCCCCCCC(=O)Oc1ccc(-c2ccc(C(=O)OCC(Cl)CC(C)C)cc2)cc1. The van der Waals surface area contributed by atoms with E-state index in [-0.39, 0.29) is 23.9 Å². The van der Waals surface area contributed by atoms with Crippen LogP contribution < -0.4 is 4.74 Å². The molecule has 0 fully saturated rings. The maximum absolute atomic E-state index is 12.3. The Morgan fingerprint density at radius 2 is 1.15 bits per heavy atom. The Hall–Kier alpha value is -2.33. The van der Waals surface area contributed by atoms with Gasteiger partial charge in [-0.05, 0) is 54.2 Å². The van der Waals surface area contributed by atoms with Gasteiger partial charge in [-0.3, -0.25) is 4.79 Å². The summed E-state index contributed by atoms with van der Waals surface area (Å²) in [6.45, 7) is 6.66. The second-order valence-electron chi connectivity index (χ2n) is 11.7. The zero-order valence-corrected chi connectivity index (χ0v) is 26.6. The number of carbonyl (C=O) groups is 2. The summed E-state index contributed by atoms with van der Waals surface area (Å²) >= 11 is 6.23. The highest BCUT2D eigenvalue weighted by Crippen LogP contribution is 2.24. The highest BCUT2D eigenvalue weighted by molar-refractivity contribution is 6.20. The molecule has 0 heterocycles. The fourth-order valence-corrected chi connectivity index (χ4v) is 5.41. The molecule has 228 valence electrons. The van der Waals surface area contributed by atoms with Gasteiger partial charge in [0.15, 0.2) is 0 Å². The van der Waals surface area contributed by atoms with Gasteiger partial charge in [-0.25, -0.2) is 4.79 Å². The molecule has 1 unspecified atom stereocenters. The van der Waals surface area contributed by atoms with E-state index in [0.29, 0.717) is 23.7 Å². The van der Waals surface area contributed by atoms with E-state index in [1.54, 1.807) is 12.1 Å². The topological polar surface area (TPSA) is 52.6 Å². The van der Waals surface area contributed by atoms with Crippen LogP contribution in [0.2, 0.25) is 0 Å². The van der Waals surface area contributed by atoms with E-state index in [4.69, 9.17) is 21.1 Å². The minimum Gasteiger partial charge on any atom is -0.461 e. The van der Waals surface area contributed by atoms with Crippen molar-refractivity contribution in [3.63, 3.8) is 0 Å². The Bertz CT molecular complexity index is 968. The number of unbranched alkanes of at least 4 members (excludes halogenated alkanes) is 13. The highest BCUT2D eigenvalue weighted by atomic mass is 35.5. The van der Waals surface area contributed by atoms with E-state index in [9.17, 15) is 9.59 Å². The molecule has 2 aromatic carbocycles. The molecule has 0 aliphatic heterocycles. The molecule has 0 saturated heterocycles. The molecule has 0 aromatic heterocycles. The maximum Gasteiger partial charge on any atom is 0.338 e. The number of benzene rings is 2. The van der Waals surface area contributed by atoms with Gasteiger partial charge in [0.2, 0.25) is 0 Å². The Kier molecular flexibility index (Phi) is 18.2. The van der Waals surface area contributed by atoms with Crippen LogP contribution in [0, 0.1) is 5.92 Å². The fraction of sp³-hybridized carbons (Fsp3) is 0.611. The summed E-state index contributed by atoms with van der Waals surface area (Å²) in [5.74, 6) is 0.472. The molecular formula is C36H53ClO4. The van der Waals surface area contributed by atoms with Crippen LogP contribution in [-0.4, -0.2) is 23.9 Å². The first-order valence-corrected chi connectivity index (χ1v) is 16.5. The lowest BCUT2D eigenvalue weighted by Crippen LogP contribution is -2.16. The Morgan fingerprint density at radius 1 is 0.683 bits per heavy atom. The smallest absolute Gasteiger partial charge is 0.338 e. The standard InChI is InChI=1S/C36H53ClO4/c1-4-5-6-7-8-9-10-11-12-13-14-15-16-17-18-35(38)41-34-25-23-31(24-26-34)30-19-21-32(22-20-30)36(39)40-28-33(37)27-29(2)3/h19-26,29,33H,4-18,27-28H2,1-3H3. The molecule has 0 N–H and O–H groups in total. The monoisotopic (exact) mass is 584 g/mol. The van der Waals surface area contributed by atoms with E-state index in [0.717, 1.165) is 30.4 Å². The van der Waals surface area contributed by atoms with Crippen molar-refractivity contribution < 1.29 is 19.1 Å². The summed E-state index contributed by atoms with van der Waals surface area (Å²) in [5, 5.41) is -0.176. The van der Waals surface area contributed by atoms with Crippen LogP contribution in [0.4, 0.5) is 0 Å². The molecule has 0 aliphatic rings. The molecular weight excluding hydrogens is 532 g/mol. The van der Waals surface area contributed by atoms with Gasteiger partial charge >= 0.3 is 11.9 Å². The second kappa shape index (κ2) is 21.4. The van der Waals surface area contributed by atoms with Gasteiger partial charge in [-0.2, -0.15) is 0 Å². The maximum atomic E-state index is 12.3. The average Bonchev–Trinajstić information content (AvgIpc) is 2.96. The van der Waals surface area contributed by atoms with Gasteiger partial charge in [-0.15, -0.1) is 11.6 Å². The first kappa shape index (κ1) is 34.9. The molecule has 5 heteroatoms. The number of esters is 2. The van der Waals surface area contributed by atoms with E-state index in [1.807, 2.05) is 36.4 Å². The van der Waals surface area contributed by atoms with E-state index in [2.05, 4.69) is 20.8 Å².